The minimum Gasteiger partial charge on any atom is -0.478 e. The van der Waals surface area contributed by atoms with Gasteiger partial charge < -0.3 is 20.6 Å². The fourth-order valence-electron chi connectivity index (χ4n) is 7.71. The van der Waals surface area contributed by atoms with Crippen molar-refractivity contribution < 1.29 is 41.1 Å². The van der Waals surface area contributed by atoms with Crippen LogP contribution in [0.25, 0.3) is 0 Å². The number of hydrogen-bond acceptors (Lipinski definition) is 10. The van der Waals surface area contributed by atoms with Gasteiger partial charge in [-0.2, -0.15) is 12.7 Å². The molecule has 4 aromatic rings. The summed E-state index contributed by atoms with van der Waals surface area (Å²) in [6, 6.07) is 22.7. The molecule has 61 heavy (non-hydrogen) atoms. The molecule has 1 saturated carbocycles. The molecule has 18 heteroatoms. The zero-order valence-corrected chi connectivity index (χ0v) is 35.7. The van der Waals surface area contributed by atoms with E-state index >= 15 is 0 Å². The number of carbonyl (C=O) groups is 4. The molecule has 16 nitrogen and oxygen atoms in total. The second-order valence-corrected chi connectivity index (χ2v) is 18.6. The molecular formula is C43H51N7O9S2. The van der Waals surface area contributed by atoms with Gasteiger partial charge in [0.15, 0.2) is 5.69 Å². The molecule has 2 heterocycles. The summed E-state index contributed by atoms with van der Waals surface area (Å²) >= 11 is 0. The Morgan fingerprint density at radius 3 is 2.02 bits per heavy atom. The number of hydrogen-bond donors (Lipinski definition) is 5. The van der Waals surface area contributed by atoms with E-state index in [4.69, 9.17) is 10.1 Å². The summed E-state index contributed by atoms with van der Waals surface area (Å²) in [4.78, 5) is 58.2. The summed E-state index contributed by atoms with van der Waals surface area (Å²) in [6.45, 7) is 3.40. The standard InChI is InChI=1S/C43H51N7O9S2/c1-3-50(35-22-18-31(19-23-35)41(52)48-61(58,59)44-2)60(56,57)36-9-7-8-33(28-36)40(51)46-37-24-25-38(49-26-5-4-6-27-49)47-39(37)42(53)45-34-20-14-30(15-21-34)11-10-29-12-16-32(17-13-29)43(54)55/h7-9,12-17,20-21,24-25,28,31,35,44H,3-6,10-11,18-19,22-23,26-27H2,1-2H3,(H,45,53)(H,46,51)(H,48,52)(H,54,55). The molecule has 1 aliphatic carbocycles. The van der Waals surface area contributed by atoms with Gasteiger partial charge in [0.2, 0.25) is 15.9 Å². The first-order valence-corrected chi connectivity index (χ1v) is 23.3. The van der Waals surface area contributed by atoms with Crippen molar-refractivity contribution in [3.8, 4) is 0 Å². The smallest absolute Gasteiger partial charge is 0.335 e. The van der Waals surface area contributed by atoms with Crippen LogP contribution >= 0.6 is 0 Å². The highest BCUT2D eigenvalue weighted by Crippen LogP contribution is 2.32. The Balaban J connectivity index is 1.15. The zero-order chi connectivity index (χ0) is 43.7. The lowest BCUT2D eigenvalue weighted by Crippen LogP contribution is -2.46. The number of nitrogens with one attached hydrogen (secondary N) is 4. The van der Waals surface area contributed by atoms with Crippen molar-refractivity contribution in [3.63, 3.8) is 0 Å². The number of anilines is 3. The van der Waals surface area contributed by atoms with Crippen LogP contribution in [0.4, 0.5) is 17.2 Å². The van der Waals surface area contributed by atoms with Gasteiger partial charge in [0.05, 0.1) is 16.1 Å². The first kappa shape index (κ1) is 44.9. The van der Waals surface area contributed by atoms with Crippen molar-refractivity contribution in [1.29, 1.82) is 0 Å². The number of pyridine rings is 1. The minimum atomic E-state index is -4.10. The van der Waals surface area contributed by atoms with Crippen LogP contribution in [0.5, 0.6) is 0 Å². The molecule has 1 saturated heterocycles. The number of carboxylic acids is 1. The Hall–Kier alpha value is -5.69. The molecule has 3 amide bonds. The minimum absolute atomic E-state index is 0.0147. The predicted octanol–water partition coefficient (Wildman–Crippen LogP) is 5.21. The molecule has 0 spiro atoms. The fraction of sp³-hybridized carbons (Fsp3) is 0.372. The number of nitrogens with zero attached hydrogens (tertiary/aromatic N) is 3. The molecule has 3 aromatic carbocycles. The lowest BCUT2D eigenvalue weighted by molar-refractivity contribution is -0.124. The highest BCUT2D eigenvalue weighted by molar-refractivity contribution is 7.89. The van der Waals surface area contributed by atoms with Crippen LogP contribution in [0, 0.1) is 5.92 Å². The van der Waals surface area contributed by atoms with Crippen molar-refractivity contribution in [2.75, 3.05) is 42.2 Å². The van der Waals surface area contributed by atoms with E-state index < -0.39 is 55.9 Å². The summed E-state index contributed by atoms with van der Waals surface area (Å²) in [7, 11) is -6.87. The third-order valence-electron chi connectivity index (χ3n) is 11.1. The Bertz CT molecular complexity index is 2450. The maximum atomic E-state index is 14.0. The quantitative estimate of drug-likeness (QED) is 0.0983. The van der Waals surface area contributed by atoms with Gasteiger partial charge in [0.1, 0.15) is 5.82 Å². The van der Waals surface area contributed by atoms with E-state index in [1.807, 2.05) is 21.6 Å². The summed E-state index contributed by atoms with van der Waals surface area (Å²) < 4.78 is 57.1. The first-order chi connectivity index (χ1) is 29.2. The average Bonchev–Trinajstić information content (AvgIpc) is 3.27. The molecule has 2 fully saturated rings. The number of aromatic nitrogens is 1. The fourth-order valence-corrected chi connectivity index (χ4v) is 9.99. The van der Waals surface area contributed by atoms with E-state index in [0.717, 1.165) is 43.5 Å². The first-order valence-electron chi connectivity index (χ1n) is 20.3. The largest absolute Gasteiger partial charge is 0.478 e. The van der Waals surface area contributed by atoms with Crippen molar-refractivity contribution >= 4 is 61.1 Å². The van der Waals surface area contributed by atoms with Crippen LogP contribution in [-0.4, -0.2) is 87.6 Å². The van der Waals surface area contributed by atoms with Gasteiger partial charge in [-0.05, 0) is 124 Å². The number of carboxylic acid groups (broad SMARTS) is 1. The van der Waals surface area contributed by atoms with Gasteiger partial charge in [-0.15, -0.1) is 0 Å². The number of piperidine rings is 1. The van der Waals surface area contributed by atoms with Crippen LogP contribution in [0.1, 0.15) is 94.2 Å². The van der Waals surface area contributed by atoms with E-state index in [9.17, 15) is 36.0 Å². The third-order valence-corrected chi connectivity index (χ3v) is 14.2. The number of carbonyl (C=O) groups excluding carboxylic acids is 3. The summed E-state index contributed by atoms with van der Waals surface area (Å²) in [5, 5.41) is 14.8. The van der Waals surface area contributed by atoms with E-state index in [1.54, 1.807) is 55.5 Å². The van der Waals surface area contributed by atoms with Crippen molar-refractivity contribution in [3.05, 3.63) is 113 Å². The van der Waals surface area contributed by atoms with Gasteiger partial charge in [0.25, 0.3) is 11.8 Å². The van der Waals surface area contributed by atoms with Crippen molar-refractivity contribution in [2.45, 2.75) is 75.6 Å². The van der Waals surface area contributed by atoms with E-state index in [1.165, 1.54) is 35.6 Å². The number of amides is 3. The lowest BCUT2D eigenvalue weighted by atomic mass is 9.85. The molecule has 1 aromatic heterocycles. The normalized spacial score (nSPS) is 17.1. The number of aryl methyl sites for hydroxylation is 2. The van der Waals surface area contributed by atoms with Gasteiger partial charge in [-0.1, -0.05) is 37.3 Å². The lowest BCUT2D eigenvalue weighted by Gasteiger charge is -2.35. The third kappa shape index (κ3) is 11.4. The second kappa shape index (κ2) is 19.8. The molecule has 0 bridgehead atoms. The van der Waals surface area contributed by atoms with E-state index in [0.29, 0.717) is 50.0 Å². The molecule has 0 atom stereocenters. The molecule has 2 aliphatic rings. The van der Waals surface area contributed by atoms with Gasteiger partial charge in [0, 0.05) is 49.9 Å². The SMILES string of the molecule is CCN(C1CCC(C(=O)NS(=O)(=O)NC)CC1)S(=O)(=O)c1cccc(C(=O)Nc2ccc(N3CCCCC3)nc2C(=O)Nc2ccc(CCc3ccc(C(=O)O)cc3)cc2)c1. The van der Waals surface area contributed by atoms with Crippen LogP contribution in [0.15, 0.2) is 89.8 Å². The van der Waals surface area contributed by atoms with Crippen molar-refractivity contribution in [2.24, 2.45) is 5.92 Å². The Labute approximate surface area is 356 Å². The van der Waals surface area contributed by atoms with Crippen LogP contribution in [0.3, 0.4) is 0 Å². The second-order valence-electron chi connectivity index (χ2n) is 15.1. The Morgan fingerprint density at radius 1 is 0.770 bits per heavy atom. The van der Waals surface area contributed by atoms with Gasteiger partial charge in [-0.25, -0.2) is 27.6 Å². The van der Waals surface area contributed by atoms with Crippen LogP contribution in [0.2, 0.25) is 0 Å². The van der Waals surface area contributed by atoms with Crippen LogP contribution < -0.4 is 25.0 Å². The number of aromatic carboxylic acids is 1. The maximum absolute atomic E-state index is 14.0. The zero-order valence-electron chi connectivity index (χ0n) is 34.1. The topological polar surface area (TPSA) is 224 Å². The highest BCUT2D eigenvalue weighted by Gasteiger charge is 2.36. The van der Waals surface area contributed by atoms with E-state index in [2.05, 4.69) is 15.5 Å². The number of rotatable bonds is 16. The van der Waals surface area contributed by atoms with E-state index in [-0.39, 0.29) is 33.9 Å². The summed E-state index contributed by atoms with van der Waals surface area (Å²) in [5.74, 6) is -2.80. The predicted molar refractivity (Wildman–Crippen MR) is 231 cm³/mol. The molecule has 0 unspecified atom stereocenters. The molecule has 5 N–H and O–H groups in total. The summed E-state index contributed by atoms with van der Waals surface area (Å²) in [6.07, 6.45) is 5.74. The van der Waals surface area contributed by atoms with Gasteiger partial charge in [-0.3, -0.25) is 14.4 Å². The van der Waals surface area contributed by atoms with Gasteiger partial charge >= 0.3 is 16.2 Å². The number of sulfonamides is 1. The molecule has 6 rings (SSSR count). The van der Waals surface area contributed by atoms with Crippen molar-refractivity contribution in [1.82, 2.24) is 18.7 Å². The highest BCUT2D eigenvalue weighted by atomic mass is 32.2. The molecular weight excluding hydrogens is 823 g/mol. The molecule has 0 radical (unpaired) electrons. The monoisotopic (exact) mass is 873 g/mol. The Morgan fingerprint density at radius 2 is 1.41 bits per heavy atom. The number of benzene rings is 3. The average molecular weight is 874 g/mol. The van der Waals surface area contributed by atoms with Crippen LogP contribution in [-0.2, 0) is 37.9 Å². The molecule has 324 valence electrons. The Kier molecular flexibility index (Phi) is 14.6. The summed E-state index contributed by atoms with van der Waals surface area (Å²) in [5.41, 5.74) is 2.93. The molecule has 1 aliphatic heterocycles. The maximum Gasteiger partial charge on any atom is 0.335 e.